The van der Waals surface area contributed by atoms with Gasteiger partial charge in [-0.3, -0.25) is 24.2 Å². The number of halogens is 1. The summed E-state index contributed by atoms with van der Waals surface area (Å²) >= 11 is 0. The van der Waals surface area contributed by atoms with Gasteiger partial charge in [0.1, 0.15) is 25.3 Å². The largest absolute Gasteiger partial charge is 0.488 e. The number of ether oxygens (including phenoxy) is 2. The zero-order valence-electron chi connectivity index (χ0n) is 33.9. The molecule has 6 heterocycles. The normalized spacial score (nSPS) is 18.5. The molecule has 18 heteroatoms. The Morgan fingerprint density at radius 2 is 1.16 bits per heavy atom. The number of hydrogen-bond donors (Lipinski definition) is 5. The number of fused-ring (bicyclic) bond motifs is 2. The molecule has 2 aromatic carbocycles. The average molecular weight is 877 g/mol. The third kappa shape index (κ3) is 9.24. The summed E-state index contributed by atoms with van der Waals surface area (Å²) in [5.74, 6) is 0.311. The van der Waals surface area contributed by atoms with E-state index in [1.54, 1.807) is 63.1 Å². The van der Waals surface area contributed by atoms with Crippen LogP contribution in [0.4, 0.5) is 11.6 Å². The molecule has 0 radical (unpaired) electrons. The number of imidazole rings is 2. The predicted octanol–water partition coefficient (Wildman–Crippen LogP) is 5.05. The summed E-state index contributed by atoms with van der Waals surface area (Å²) in [5, 5.41) is 11.6. The summed E-state index contributed by atoms with van der Waals surface area (Å²) in [6.07, 6.45) is 10.7. The van der Waals surface area contributed by atoms with Crippen LogP contribution in [0.5, 0.6) is 11.5 Å². The van der Waals surface area contributed by atoms with Crippen LogP contribution in [0, 0.1) is 0 Å². The lowest BCUT2D eigenvalue weighted by Gasteiger charge is -2.19. The van der Waals surface area contributed by atoms with Crippen LogP contribution in [-0.2, 0) is 20.4 Å². The topological polar surface area (TPSA) is 235 Å². The molecule has 2 saturated carbocycles. The van der Waals surface area contributed by atoms with E-state index >= 15 is 0 Å². The number of anilines is 2. The molecule has 3 amide bonds. The Balaban J connectivity index is 0.000000170. The lowest BCUT2D eigenvalue weighted by molar-refractivity contribution is -0.121. The molecule has 17 nitrogen and oxygen atoms in total. The summed E-state index contributed by atoms with van der Waals surface area (Å²) in [4.78, 5) is 73.3. The maximum atomic E-state index is 12.8. The first-order chi connectivity index (χ1) is 29.5. The molecule has 0 spiro atoms. The molecule has 0 saturated heterocycles. The van der Waals surface area contributed by atoms with E-state index in [-0.39, 0.29) is 67.3 Å². The standard InChI is InChI=1S/C22H21N5O3.C13H12N2O2.C9H11N3O2.CH4.ClH/c1-27-19-16(8-5-11-23-19)30-13-15(21(27)29)25-20(28)18-24-12-17(26-18)22(9-10-22)14-6-3-2-4-7-14;16-12(17)11-14-8-10(15-11)13(6-7-13)9-4-2-1-3-5-9;1-12-8-7(3-2-4-11-8)14-5-6(10)9(12)13;;/h2-8,11-12,15H,9-10,13H2,1H3,(H,24,26)(H,25,28);1-5,8H,6-7H2,(H,14,15)(H,16,17);2-4,6H,5,10H2,1H3;1H4;1H/t15-;;6-;;/m0.0../s1. The first-order valence-corrected chi connectivity index (χ1v) is 19.7. The predicted molar refractivity (Wildman–Crippen MR) is 237 cm³/mol. The van der Waals surface area contributed by atoms with Gasteiger partial charge in [-0.2, -0.15) is 0 Å². The number of carbonyl (C=O) groups excluding carboxylic acids is 3. The highest BCUT2D eigenvalue weighted by Crippen LogP contribution is 2.53. The number of nitrogens with zero attached hydrogens (tertiary/aromatic N) is 6. The van der Waals surface area contributed by atoms with Gasteiger partial charge in [0.2, 0.25) is 11.7 Å². The van der Waals surface area contributed by atoms with E-state index in [9.17, 15) is 19.2 Å². The summed E-state index contributed by atoms with van der Waals surface area (Å²) in [7, 11) is 3.26. The number of carboxylic acid groups (broad SMARTS) is 1. The number of H-pyrrole nitrogens is 2. The fraction of sp³-hybridized carbons (Fsp3) is 0.289. The molecular formula is C45H49ClN10O7. The maximum Gasteiger partial charge on any atom is 0.371 e. The molecule has 2 fully saturated rings. The van der Waals surface area contributed by atoms with Gasteiger partial charge in [-0.05, 0) is 61.1 Å². The van der Waals surface area contributed by atoms with Crippen molar-refractivity contribution in [3.8, 4) is 11.5 Å². The lowest BCUT2D eigenvalue weighted by atomic mass is 9.93. The lowest BCUT2D eigenvalue weighted by Crippen LogP contribution is -2.49. The number of benzene rings is 2. The van der Waals surface area contributed by atoms with Gasteiger partial charge in [-0.1, -0.05) is 68.1 Å². The zero-order chi connectivity index (χ0) is 42.7. The number of nitrogens with one attached hydrogen (secondary N) is 3. The number of likely N-dealkylation sites (N-methyl/N-ethyl adjacent to an activating group) is 2. The van der Waals surface area contributed by atoms with Crippen LogP contribution >= 0.6 is 12.4 Å². The van der Waals surface area contributed by atoms with Gasteiger partial charge in [0.05, 0.1) is 0 Å². The number of nitrogens with two attached hydrogens (primary N) is 1. The number of aromatic carboxylic acids is 1. The third-order valence-corrected chi connectivity index (χ3v) is 11.3. The third-order valence-electron chi connectivity index (χ3n) is 11.3. The van der Waals surface area contributed by atoms with Crippen LogP contribution < -0.4 is 30.3 Å². The second-order valence-corrected chi connectivity index (χ2v) is 15.2. The monoisotopic (exact) mass is 876 g/mol. The molecule has 6 N–H and O–H groups in total. The molecule has 63 heavy (non-hydrogen) atoms. The van der Waals surface area contributed by atoms with E-state index < -0.39 is 24.0 Å². The van der Waals surface area contributed by atoms with Crippen molar-refractivity contribution in [3.05, 3.63) is 144 Å². The van der Waals surface area contributed by atoms with Crippen molar-refractivity contribution in [2.45, 2.75) is 56.0 Å². The van der Waals surface area contributed by atoms with Crippen LogP contribution in [0.15, 0.2) is 110 Å². The minimum absolute atomic E-state index is 0. The molecule has 4 aliphatic rings. The molecule has 4 aromatic heterocycles. The van der Waals surface area contributed by atoms with Crippen LogP contribution in [0.1, 0.15) is 76.9 Å². The van der Waals surface area contributed by atoms with Gasteiger partial charge >= 0.3 is 5.97 Å². The molecule has 328 valence electrons. The molecule has 0 bridgehead atoms. The number of pyridine rings is 2. The van der Waals surface area contributed by atoms with Crippen molar-refractivity contribution < 1.29 is 33.8 Å². The number of aromatic amines is 2. The highest BCUT2D eigenvalue weighted by molar-refractivity contribution is 6.02. The average Bonchev–Trinajstić information content (AvgIpc) is 4.19. The van der Waals surface area contributed by atoms with Crippen molar-refractivity contribution in [1.82, 2.24) is 35.2 Å². The minimum Gasteiger partial charge on any atom is -0.488 e. The highest BCUT2D eigenvalue weighted by Gasteiger charge is 2.48. The zero-order valence-corrected chi connectivity index (χ0v) is 34.7. The van der Waals surface area contributed by atoms with E-state index in [2.05, 4.69) is 59.5 Å². The fourth-order valence-corrected chi connectivity index (χ4v) is 7.55. The van der Waals surface area contributed by atoms with Crippen molar-refractivity contribution in [3.63, 3.8) is 0 Å². The number of carboxylic acids is 1. The minimum atomic E-state index is -1.01. The van der Waals surface area contributed by atoms with Gasteiger partial charge in [-0.15, -0.1) is 12.4 Å². The maximum absolute atomic E-state index is 12.8. The van der Waals surface area contributed by atoms with Crippen molar-refractivity contribution in [2.24, 2.45) is 5.73 Å². The molecule has 2 atom stereocenters. The summed E-state index contributed by atoms with van der Waals surface area (Å²) in [5.41, 5.74) is 9.70. The van der Waals surface area contributed by atoms with Crippen LogP contribution in [0.25, 0.3) is 0 Å². The van der Waals surface area contributed by atoms with E-state index in [4.69, 9.17) is 20.3 Å². The second-order valence-electron chi connectivity index (χ2n) is 15.2. The number of amides is 3. The fourth-order valence-electron chi connectivity index (χ4n) is 7.55. The van der Waals surface area contributed by atoms with Gasteiger partial charge in [0.25, 0.3) is 11.8 Å². The van der Waals surface area contributed by atoms with Crippen LogP contribution in [0.3, 0.4) is 0 Å². The highest BCUT2D eigenvalue weighted by atomic mass is 35.5. The van der Waals surface area contributed by atoms with Crippen molar-refractivity contribution >= 4 is 47.7 Å². The van der Waals surface area contributed by atoms with Crippen molar-refractivity contribution in [1.29, 1.82) is 0 Å². The van der Waals surface area contributed by atoms with E-state index in [1.807, 2.05) is 36.4 Å². The van der Waals surface area contributed by atoms with Crippen LogP contribution in [0.2, 0.25) is 0 Å². The van der Waals surface area contributed by atoms with Gasteiger partial charge < -0.3 is 35.6 Å². The van der Waals surface area contributed by atoms with E-state index in [0.717, 1.165) is 37.1 Å². The Bertz CT molecular complexity index is 2560. The Kier molecular flexibility index (Phi) is 13.6. The molecule has 10 rings (SSSR count). The van der Waals surface area contributed by atoms with Crippen molar-refractivity contribution in [2.75, 3.05) is 37.1 Å². The molecule has 2 aliphatic carbocycles. The van der Waals surface area contributed by atoms with Gasteiger partial charge in [0.15, 0.2) is 29.0 Å². The van der Waals surface area contributed by atoms with E-state index in [0.29, 0.717) is 23.1 Å². The Labute approximate surface area is 369 Å². The first kappa shape index (κ1) is 45.4. The Morgan fingerprint density at radius 3 is 1.63 bits per heavy atom. The molecule has 2 aliphatic heterocycles. The summed E-state index contributed by atoms with van der Waals surface area (Å²) in [6.45, 7) is 0.219. The molecule has 0 unspecified atom stereocenters. The Hall–Kier alpha value is -7.11. The number of rotatable bonds is 7. The number of hydrogen-bond acceptors (Lipinski definition) is 11. The van der Waals surface area contributed by atoms with Gasteiger partial charge in [-0.25, -0.2) is 24.7 Å². The first-order valence-electron chi connectivity index (χ1n) is 19.7. The number of carbonyl (C=O) groups is 4. The molecular weight excluding hydrogens is 828 g/mol. The smallest absolute Gasteiger partial charge is 0.371 e. The van der Waals surface area contributed by atoms with Gasteiger partial charge in [0, 0.05) is 61.1 Å². The quantitative estimate of drug-likeness (QED) is 0.142. The molecule has 6 aromatic rings. The number of aromatic nitrogens is 6. The summed E-state index contributed by atoms with van der Waals surface area (Å²) in [6, 6.07) is 25.9. The van der Waals surface area contributed by atoms with E-state index in [1.165, 1.54) is 20.9 Å². The second kappa shape index (κ2) is 18.9. The summed E-state index contributed by atoms with van der Waals surface area (Å²) < 4.78 is 11.0. The van der Waals surface area contributed by atoms with Crippen LogP contribution in [-0.4, -0.2) is 98.1 Å². The Morgan fingerprint density at radius 1 is 0.698 bits per heavy atom. The SMILES string of the molecule is C.CN1C(=O)[C@@H](N)COc2cccnc21.CN1C(=O)[C@@H](NC(=O)c2ncc(C3(c4ccccc4)CC3)[nH]2)COc2cccnc21.Cl.O=C(O)c1ncc(C2(c3ccccc3)CC2)[nH]1.